The van der Waals surface area contributed by atoms with Crippen molar-refractivity contribution in [1.82, 2.24) is 5.32 Å². The van der Waals surface area contributed by atoms with Gasteiger partial charge in [-0.15, -0.1) is 0 Å². The Morgan fingerprint density at radius 1 is 0.448 bits per heavy atom. The molecule has 1 amide bonds. The molecule has 11 heteroatoms. The van der Waals surface area contributed by atoms with Crippen LogP contribution < -0.4 is 5.32 Å². The van der Waals surface area contributed by atoms with Crippen molar-refractivity contribution in [1.29, 1.82) is 0 Å². The zero-order valence-electron chi connectivity index (χ0n) is 56.6. The molecule has 1 rings (SSSR count). The maximum absolute atomic E-state index is 13.5. The van der Waals surface area contributed by atoms with Gasteiger partial charge in [0.2, 0.25) is 5.91 Å². The zero-order valence-corrected chi connectivity index (χ0v) is 56.6. The third kappa shape index (κ3) is 50.7. The Labute approximate surface area is 535 Å². The van der Waals surface area contributed by atoms with Crippen LogP contribution in [0.4, 0.5) is 0 Å². The normalized spacial score (nSPS) is 18.6. The largest absolute Gasteiger partial charge is 0.454 e. The second-order valence-electron chi connectivity index (χ2n) is 25.7. The number of nitrogens with one attached hydrogen (secondary N) is 1. The topological polar surface area (TPSA) is 175 Å². The minimum atomic E-state index is -1.63. The van der Waals surface area contributed by atoms with Crippen molar-refractivity contribution in [3.8, 4) is 0 Å². The van der Waals surface area contributed by atoms with Gasteiger partial charge < -0.3 is 45.1 Å². The Kier molecular flexibility index (Phi) is 60.1. The fourth-order valence-corrected chi connectivity index (χ4v) is 11.6. The van der Waals surface area contributed by atoms with Crippen molar-refractivity contribution in [3.63, 3.8) is 0 Å². The van der Waals surface area contributed by atoms with Gasteiger partial charge >= 0.3 is 5.97 Å². The number of carbonyl (C=O) groups excluding carboxylic acids is 2. The van der Waals surface area contributed by atoms with E-state index in [1.165, 1.54) is 225 Å². The molecule has 1 fully saturated rings. The fraction of sp³-hybridized carbons (Fsp3) is 0.842. The molecular weight excluding hydrogens is 1090 g/mol. The summed E-state index contributed by atoms with van der Waals surface area (Å²) in [6.45, 7) is 5.80. The molecule has 0 spiro atoms. The average Bonchev–Trinajstić information content (AvgIpc) is 2.51. The number of rotatable bonds is 64. The van der Waals surface area contributed by atoms with Crippen LogP contribution in [0.3, 0.4) is 0 Å². The van der Waals surface area contributed by atoms with E-state index in [-0.39, 0.29) is 13.0 Å². The molecule has 1 aliphatic heterocycles. The summed E-state index contributed by atoms with van der Waals surface area (Å²) in [7, 11) is 0. The number of allylic oxidation sites excluding steroid dienone is 9. The van der Waals surface area contributed by atoms with Gasteiger partial charge in [-0.2, -0.15) is 0 Å². The summed E-state index contributed by atoms with van der Waals surface area (Å²) in [6.07, 6.45) is 71.3. The van der Waals surface area contributed by atoms with Crippen molar-refractivity contribution in [2.45, 2.75) is 397 Å². The summed E-state index contributed by atoms with van der Waals surface area (Å²) in [6, 6.07) is -1.03. The van der Waals surface area contributed by atoms with E-state index in [0.717, 1.165) is 77.0 Å². The second kappa shape index (κ2) is 63.5. The van der Waals surface area contributed by atoms with Crippen molar-refractivity contribution < 1.29 is 49.3 Å². The van der Waals surface area contributed by atoms with Gasteiger partial charge in [-0.25, -0.2) is 0 Å². The molecule has 0 bridgehead atoms. The lowest BCUT2D eigenvalue weighted by atomic mass is 9.99. The van der Waals surface area contributed by atoms with E-state index >= 15 is 0 Å². The first-order valence-corrected chi connectivity index (χ1v) is 37.1. The highest BCUT2D eigenvalue weighted by molar-refractivity contribution is 5.80. The number of hydrogen-bond donors (Lipinski definition) is 6. The summed E-state index contributed by atoms with van der Waals surface area (Å²) in [5.41, 5.74) is 0. The van der Waals surface area contributed by atoms with Crippen LogP contribution in [0.5, 0.6) is 0 Å². The van der Waals surface area contributed by atoms with E-state index in [1.54, 1.807) is 6.08 Å². The summed E-state index contributed by atoms with van der Waals surface area (Å²) in [5.74, 6) is -1.21. The summed E-state index contributed by atoms with van der Waals surface area (Å²) in [4.78, 5) is 26.7. The van der Waals surface area contributed by atoms with Gasteiger partial charge in [0.25, 0.3) is 0 Å². The number of esters is 1. The van der Waals surface area contributed by atoms with Crippen LogP contribution in [-0.2, 0) is 23.8 Å². The predicted molar refractivity (Wildman–Crippen MR) is 366 cm³/mol. The van der Waals surface area contributed by atoms with Crippen LogP contribution >= 0.6 is 0 Å². The molecule has 0 aromatic carbocycles. The molecule has 0 radical (unpaired) electrons. The van der Waals surface area contributed by atoms with Gasteiger partial charge in [-0.3, -0.25) is 9.59 Å². The van der Waals surface area contributed by atoms with Crippen LogP contribution in [0.25, 0.3) is 0 Å². The Morgan fingerprint density at radius 3 is 1.21 bits per heavy atom. The van der Waals surface area contributed by atoms with Gasteiger partial charge in [-0.05, 0) is 70.6 Å². The first kappa shape index (κ1) is 82.4. The van der Waals surface area contributed by atoms with Crippen molar-refractivity contribution >= 4 is 11.9 Å². The molecule has 0 saturated carbocycles. The monoisotopic (exact) mass is 1230 g/mol. The second-order valence-corrected chi connectivity index (χ2v) is 25.7. The number of hydrogen-bond acceptors (Lipinski definition) is 10. The number of ether oxygens (including phenoxy) is 3. The molecular formula is C76H139NO10. The Hall–Kier alpha value is -2.64. The van der Waals surface area contributed by atoms with Gasteiger partial charge in [-0.1, -0.05) is 332 Å². The van der Waals surface area contributed by atoms with Crippen LogP contribution in [0.15, 0.2) is 60.8 Å². The quantitative estimate of drug-likeness (QED) is 0.0195. The molecule has 8 unspecified atom stereocenters. The molecule has 0 aliphatic carbocycles. The van der Waals surface area contributed by atoms with Gasteiger partial charge in [0.1, 0.15) is 24.4 Å². The molecule has 87 heavy (non-hydrogen) atoms. The number of carbonyl (C=O) groups is 2. The molecule has 1 aliphatic rings. The number of aliphatic hydroxyl groups is 5. The summed E-state index contributed by atoms with van der Waals surface area (Å²) < 4.78 is 17.7. The summed E-state index contributed by atoms with van der Waals surface area (Å²) in [5, 5.41) is 57.3. The molecule has 6 N–H and O–H groups in total. The highest BCUT2D eigenvalue weighted by atomic mass is 16.7. The predicted octanol–water partition coefficient (Wildman–Crippen LogP) is 19.3. The number of unbranched alkanes of at least 4 members (excludes halogenated alkanes) is 42. The maximum atomic E-state index is 13.5. The molecule has 1 heterocycles. The minimum absolute atomic E-state index is 0.0863. The molecule has 0 aromatic heterocycles. The summed E-state index contributed by atoms with van der Waals surface area (Å²) >= 11 is 0. The van der Waals surface area contributed by atoms with E-state index in [2.05, 4.69) is 74.7 Å². The van der Waals surface area contributed by atoms with Crippen molar-refractivity contribution in [2.75, 3.05) is 13.2 Å². The zero-order chi connectivity index (χ0) is 63.1. The van der Waals surface area contributed by atoms with E-state index < -0.39 is 67.4 Å². The van der Waals surface area contributed by atoms with Crippen LogP contribution in [0, 0.1) is 0 Å². The van der Waals surface area contributed by atoms with Gasteiger partial charge in [0, 0.05) is 6.42 Å². The highest BCUT2D eigenvalue weighted by Gasteiger charge is 2.47. The lowest BCUT2D eigenvalue weighted by molar-refractivity contribution is -0.305. The number of aliphatic hydroxyl groups excluding tert-OH is 5. The highest BCUT2D eigenvalue weighted by Crippen LogP contribution is 2.26. The van der Waals surface area contributed by atoms with Crippen LogP contribution in [0.1, 0.15) is 348 Å². The lowest BCUT2D eigenvalue weighted by Gasteiger charge is -2.41. The minimum Gasteiger partial charge on any atom is -0.454 e. The maximum Gasteiger partial charge on any atom is 0.306 e. The third-order valence-corrected chi connectivity index (χ3v) is 17.4. The Balaban J connectivity index is 2.57. The molecule has 508 valence electrons. The van der Waals surface area contributed by atoms with Crippen molar-refractivity contribution in [2.24, 2.45) is 0 Å². The van der Waals surface area contributed by atoms with E-state index in [0.29, 0.717) is 19.3 Å². The van der Waals surface area contributed by atoms with Crippen molar-refractivity contribution in [3.05, 3.63) is 60.8 Å². The molecule has 11 nitrogen and oxygen atoms in total. The first-order chi connectivity index (χ1) is 42.7. The average molecular weight is 1230 g/mol. The smallest absolute Gasteiger partial charge is 0.306 e. The Bertz CT molecular complexity index is 1650. The van der Waals surface area contributed by atoms with Gasteiger partial charge in [0.15, 0.2) is 12.4 Å². The van der Waals surface area contributed by atoms with E-state index in [9.17, 15) is 35.1 Å². The lowest BCUT2D eigenvalue weighted by Crippen LogP contribution is -2.61. The third-order valence-electron chi connectivity index (χ3n) is 17.4. The molecule has 0 aromatic rings. The number of amides is 1. The van der Waals surface area contributed by atoms with Crippen LogP contribution in [0.2, 0.25) is 0 Å². The first-order valence-electron chi connectivity index (χ1n) is 37.1. The van der Waals surface area contributed by atoms with E-state index in [1.807, 2.05) is 6.08 Å². The molecule has 1 saturated heterocycles. The Morgan fingerprint density at radius 2 is 0.793 bits per heavy atom. The SMILES string of the molecule is CCCCC/C=C\C/C=C\C/C=C\C/C=C\CCCCCC(=O)OC1C(OCC(NC(=O)C(O)CCCCCCCCCCCCCCCCCCCCCCCCCCCC)C(O)/C=C/CCCCCCCCCCCCC)OC(CO)C(O)C1O. The van der Waals surface area contributed by atoms with Gasteiger partial charge in [0.05, 0.1) is 25.4 Å². The van der Waals surface area contributed by atoms with Crippen LogP contribution in [-0.4, -0.2) is 99.6 Å². The standard InChI is InChI=1S/C76H139NO10/c1-4-7-10-13-16-19-22-25-27-29-31-32-33-34-35-36-37-39-40-42-45-48-51-54-57-60-63-69(80)75(84)77-67(68(79)62-59-56-53-50-47-44-24-21-18-15-12-9-6-3)66-85-76-74(73(83)72(82)70(65-78)86-76)87-71(81)64-61-58-55-52-49-46-43-41-38-30-28-26-23-20-17-14-11-8-5-2/h17,20,26,28,38,41,46,49,59,62,67-70,72-74,76,78-80,82-83H,4-16,18-19,21-25,27,29-37,39-40,42-45,47-48,50-58,60-61,63-66H2,1-3H3,(H,77,84)/b20-17-,28-26-,41-38-,49-46-,62-59+. The van der Waals surface area contributed by atoms with E-state index in [4.69, 9.17) is 14.2 Å². The molecule has 8 atom stereocenters. The fourth-order valence-electron chi connectivity index (χ4n) is 11.6.